The summed E-state index contributed by atoms with van der Waals surface area (Å²) in [7, 11) is -4.61. The van der Waals surface area contributed by atoms with E-state index in [1.807, 2.05) is 0 Å². The minimum Gasteiger partial charge on any atom is -0.486 e. The molecule has 0 saturated heterocycles. The Morgan fingerprint density at radius 1 is 1.12 bits per heavy atom. The maximum atomic E-state index is 14.3. The summed E-state index contributed by atoms with van der Waals surface area (Å²) in [6.45, 7) is 1.01. The van der Waals surface area contributed by atoms with Gasteiger partial charge in [0.2, 0.25) is 0 Å². The second-order valence-electron chi connectivity index (χ2n) is 5.38. The fourth-order valence-electron chi connectivity index (χ4n) is 2.05. The number of pyridine rings is 1. The molecule has 0 atom stereocenters. The van der Waals surface area contributed by atoms with Crippen molar-refractivity contribution in [2.45, 2.75) is 30.8 Å². The number of rotatable bonds is 5. The number of sulfonamides is 1. The molecule has 1 aliphatic carbocycles. The highest BCUT2D eigenvalue weighted by atomic mass is 32.2. The maximum absolute atomic E-state index is 14.3. The van der Waals surface area contributed by atoms with Gasteiger partial charge in [0.05, 0.1) is 11.8 Å². The first-order chi connectivity index (χ1) is 11.3. The second-order valence-corrected chi connectivity index (χ2v) is 7.00. The van der Waals surface area contributed by atoms with Gasteiger partial charge in [-0.25, -0.2) is 21.6 Å². The van der Waals surface area contributed by atoms with Crippen molar-refractivity contribution in [3.05, 3.63) is 47.5 Å². The smallest absolute Gasteiger partial charge is 0.268 e. The molecule has 3 rings (SSSR count). The molecule has 24 heavy (non-hydrogen) atoms. The van der Waals surface area contributed by atoms with E-state index in [9.17, 15) is 21.6 Å². The third-order valence-electron chi connectivity index (χ3n) is 3.47. The van der Waals surface area contributed by atoms with Gasteiger partial charge in [-0.3, -0.25) is 9.71 Å². The topological polar surface area (TPSA) is 68.3 Å². The third kappa shape index (κ3) is 3.03. The van der Waals surface area contributed by atoms with Gasteiger partial charge in [-0.2, -0.15) is 0 Å². The van der Waals surface area contributed by atoms with Crippen LogP contribution in [0.1, 0.15) is 18.4 Å². The van der Waals surface area contributed by atoms with Gasteiger partial charge in [0, 0.05) is 18.0 Å². The van der Waals surface area contributed by atoms with Gasteiger partial charge in [0.1, 0.15) is 0 Å². The Hall–Kier alpha value is -2.29. The normalized spacial score (nSPS) is 14.5. The molecule has 2 aromatic rings. The quantitative estimate of drug-likeness (QED) is 0.834. The summed E-state index contributed by atoms with van der Waals surface area (Å²) >= 11 is 0. The van der Waals surface area contributed by atoms with E-state index < -0.39 is 49.8 Å². The summed E-state index contributed by atoms with van der Waals surface area (Å²) < 4.78 is 74.8. The van der Waals surface area contributed by atoms with Crippen molar-refractivity contribution >= 4 is 15.7 Å². The average molecular weight is 358 g/mol. The van der Waals surface area contributed by atoms with Crippen LogP contribution in [0, 0.1) is 24.4 Å². The predicted molar refractivity (Wildman–Crippen MR) is 79.7 cm³/mol. The molecular formula is C15H13F3N2O3S. The van der Waals surface area contributed by atoms with Crippen LogP contribution >= 0.6 is 0 Å². The van der Waals surface area contributed by atoms with Crippen LogP contribution in [0.4, 0.5) is 18.9 Å². The van der Waals surface area contributed by atoms with Crippen molar-refractivity contribution in [1.82, 2.24) is 4.98 Å². The Balaban J connectivity index is 2.14. The van der Waals surface area contributed by atoms with Gasteiger partial charge in [-0.1, -0.05) is 0 Å². The van der Waals surface area contributed by atoms with Crippen LogP contribution < -0.4 is 9.46 Å². The summed E-state index contributed by atoms with van der Waals surface area (Å²) in [5.74, 6) is -5.26. The molecule has 1 saturated carbocycles. The van der Waals surface area contributed by atoms with Crippen molar-refractivity contribution in [3.8, 4) is 5.75 Å². The molecule has 1 heterocycles. The Labute approximate surface area is 136 Å². The Bertz CT molecular complexity index is 885. The van der Waals surface area contributed by atoms with E-state index in [4.69, 9.17) is 4.74 Å². The molecule has 1 N–H and O–H groups in total. The first-order valence-electron chi connectivity index (χ1n) is 7.08. The van der Waals surface area contributed by atoms with Crippen LogP contribution in [0.5, 0.6) is 5.75 Å². The molecule has 9 heteroatoms. The Kier molecular flexibility index (Phi) is 4.12. The number of hydrogen-bond acceptors (Lipinski definition) is 4. The minimum atomic E-state index is -4.61. The van der Waals surface area contributed by atoms with E-state index in [-0.39, 0.29) is 5.69 Å². The lowest BCUT2D eigenvalue weighted by molar-refractivity contribution is 0.271. The molecule has 5 nitrogen and oxygen atoms in total. The summed E-state index contributed by atoms with van der Waals surface area (Å²) in [4.78, 5) is 2.54. The lowest BCUT2D eigenvalue weighted by atomic mass is 10.2. The molecule has 1 aromatic heterocycles. The Morgan fingerprint density at radius 3 is 2.33 bits per heavy atom. The molecule has 128 valence electrons. The number of hydrogen-bond donors (Lipinski definition) is 1. The third-order valence-corrected chi connectivity index (χ3v) is 4.87. The molecule has 0 bridgehead atoms. The molecule has 1 aliphatic rings. The van der Waals surface area contributed by atoms with Crippen LogP contribution in [0.3, 0.4) is 0 Å². The number of nitrogens with one attached hydrogen (secondary N) is 1. The van der Waals surface area contributed by atoms with Gasteiger partial charge in [-0.15, -0.1) is 0 Å². The lowest BCUT2D eigenvalue weighted by Crippen LogP contribution is -2.19. The van der Waals surface area contributed by atoms with Gasteiger partial charge < -0.3 is 4.74 Å². The molecule has 0 aliphatic heterocycles. The molecule has 1 fully saturated rings. The van der Waals surface area contributed by atoms with E-state index in [1.54, 1.807) is 0 Å². The first kappa shape index (κ1) is 16.6. The van der Waals surface area contributed by atoms with Gasteiger partial charge in [-0.05, 0) is 31.9 Å². The van der Waals surface area contributed by atoms with Crippen molar-refractivity contribution in [2.24, 2.45) is 0 Å². The number of aromatic nitrogens is 1. The summed E-state index contributed by atoms with van der Waals surface area (Å²) in [5, 5.41) is 0. The molecule has 0 amide bonds. The zero-order valence-electron chi connectivity index (χ0n) is 12.5. The van der Waals surface area contributed by atoms with Gasteiger partial charge in [0.15, 0.2) is 28.1 Å². The monoisotopic (exact) mass is 358 g/mol. The first-order valence-corrected chi connectivity index (χ1v) is 8.56. The number of halogens is 3. The van der Waals surface area contributed by atoms with Crippen molar-refractivity contribution in [1.29, 1.82) is 0 Å². The Morgan fingerprint density at radius 2 is 1.75 bits per heavy atom. The van der Waals surface area contributed by atoms with E-state index in [1.165, 1.54) is 24.5 Å². The van der Waals surface area contributed by atoms with Crippen molar-refractivity contribution in [2.75, 3.05) is 4.72 Å². The molecule has 0 radical (unpaired) electrons. The minimum absolute atomic E-state index is 0.0724. The standard InChI is InChI=1S/C15H13F3N2O3S/c1-8-11(16)13(18)15(14(12(8)17)23-10-2-3-10)24(21,22)20-9-4-6-19-7-5-9/h4-7,10H,2-3H2,1H3,(H,19,20). The fraction of sp³-hybridized carbons (Fsp3) is 0.267. The van der Waals surface area contributed by atoms with E-state index in [2.05, 4.69) is 9.71 Å². The van der Waals surface area contributed by atoms with Crippen LogP contribution in [-0.2, 0) is 10.0 Å². The van der Waals surface area contributed by atoms with Crippen LogP contribution in [0.2, 0.25) is 0 Å². The van der Waals surface area contributed by atoms with Crippen LogP contribution in [0.15, 0.2) is 29.4 Å². The van der Waals surface area contributed by atoms with Crippen LogP contribution in [0.25, 0.3) is 0 Å². The van der Waals surface area contributed by atoms with E-state index in [0.29, 0.717) is 12.8 Å². The SMILES string of the molecule is Cc1c(F)c(F)c(S(=O)(=O)Nc2ccncc2)c(OC2CC2)c1F. The second kappa shape index (κ2) is 5.97. The van der Waals surface area contributed by atoms with Gasteiger partial charge in [0.25, 0.3) is 10.0 Å². The lowest BCUT2D eigenvalue weighted by Gasteiger charge is -2.16. The highest BCUT2D eigenvalue weighted by Gasteiger charge is 2.36. The highest BCUT2D eigenvalue weighted by molar-refractivity contribution is 7.92. The number of benzene rings is 1. The highest BCUT2D eigenvalue weighted by Crippen LogP contribution is 2.38. The predicted octanol–water partition coefficient (Wildman–Crippen LogP) is 3.15. The molecule has 0 unspecified atom stereocenters. The van der Waals surface area contributed by atoms with Gasteiger partial charge >= 0.3 is 0 Å². The average Bonchev–Trinajstić information content (AvgIpc) is 3.35. The zero-order valence-corrected chi connectivity index (χ0v) is 13.3. The van der Waals surface area contributed by atoms with E-state index in [0.717, 1.165) is 6.92 Å². The zero-order chi connectivity index (χ0) is 17.5. The fourth-order valence-corrected chi connectivity index (χ4v) is 3.31. The number of ether oxygens (including phenoxy) is 1. The van der Waals surface area contributed by atoms with Crippen molar-refractivity contribution < 1.29 is 26.3 Å². The largest absolute Gasteiger partial charge is 0.486 e. The summed E-state index contributed by atoms with van der Waals surface area (Å²) in [6, 6.07) is 2.63. The van der Waals surface area contributed by atoms with Crippen LogP contribution in [-0.4, -0.2) is 19.5 Å². The summed E-state index contributed by atoms with van der Waals surface area (Å²) in [5.41, 5.74) is -0.561. The number of anilines is 1. The molecule has 0 spiro atoms. The number of nitrogens with zero attached hydrogens (tertiary/aromatic N) is 1. The van der Waals surface area contributed by atoms with Crippen molar-refractivity contribution in [3.63, 3.8) is 0 Å². The van der Waals surface area contributed by atoms with E-state index >= 15 is 0 Å². The molecular weight excluding hydrogens is 345 g/mol. The molecule has 1 aromatic carbocycles. The maximum Gasteiger partial charge on any atom is 0.268 e. The summed E-state index contributed by atoms with van der Waals surface area (Å²) in [6.07, 6.45) is 3.40.